The summed E-state index contributed by atoms with van der Waals surface area (Å²) in [5.74, 6) is 2.47. The van der Waals surface area contributed by atoms with Crippen molar-refractivity contribution in [2.24, 2.45) is 5.73 Å². The normalized spacial score (nSPS) is 19.1. The highest BCUT2D eigenvalue weighted by Crippen LogP contribution is 2.39. The summed E-state index contributed by atoms with van der Waals surface area (Å²) in [6, 6.07) is 8.01. The second-order valence-electron chi connectivity index (χ2n) is 4.92. The SMILES string of the molecule is Cc1nc(C2CSc3ccccc3O2)ncc1[C@@H](C)N. The summed E-state index contributed by atoms with van der Waals surface area (Å²) in [5.41, 5.74) is 7.80. The standard InChI is InChI=1S/C15H17N3OS/c1-9(16)11-7-17-15(18-10(11)2)13-8-20-14-6-4-3-5-12(14)19-13/h3-7,9,13H,8,16H2,1-2H3/t9-,13?/m1/s1. The second kappa shape index (κ2) is 5.42. The zero-order chi connectivity index (χ0) is 14.1. The number of para-hydroxylation sites is 1. The third-order valence-corrected chi connectivity index (χ3v) is 4.44. The molecule has 0 bridgehead atoms. The number of benzene rings is 1. The summed E-state index contributed by atoms with van der Waals surface area (Å²) in [6.45, 7) is 3.91. The fourth-order valence-corrected chi connectivity index (χ4v) is 3.22. The van der Waals surface area contributed by atoms with Crippen LogP contribution in [0.5, 0.6) is 5.75 Å². The number of hydrogen-bond acceptors (Lipinski definition) is 5. The topological polar surface area (TPSA) is 61.0 Å². The van der Waals surface area contributed by atoms with Crippen LogP contribution in [0.3, 0.4) is 0 Å². The number of nitrogens with two attached hydrogens (primary N) is 1. The summed E-state index contributed by atoms with van der Waals surface area (Å²) < 4.78 is 6.00. The maximum Gasteiger partial charge on any atom is 0.170 e. The molecular formula is C15H17N3OS. The number of fused-ring (bicyclic) bond motifs is 1. The number of hydrogen-bond donors (Lipinski definition) is 1. The van der Waals surface area contributed by atoms with Gasteiger partial charge in [-0.05, 0) is 26.0 Å². The molecule has 1 aliphatic heterocycles. The molecule has 0 aliphatic carbocycles. The molecule has 0 fully saturated rings. The lowest BCUT2D eigenvalue weighted by Gasteiger charge is -2.24. The average molecular weight is 287 g/mol. The Hall–Kier alpha value is -1.59. The molecule has 2 heterocycles. The number of rotatable bonds is 2. The zero-order valence-corrected chi connectivity index (χ0v) is 12.4. The van der Waals surface area contributed by atoms with Crippen LogP contribution in [-0.2, 0) is 0 Å². The minimum atomic E-state index is -0.101. The molecule has 0 spiro atoms. The smallest absolute Gasteiger partial charge is 0.170 e. The van der Waals surface area contributed by atoms with Crippen molar-refractivity contribution in [3.63, 3.8) is 0 Å². The van der Waals surface area contributed by atoms with Crippen LogP contribution in [0.2, 0.25) is 0 Å². The van der Waals surface area contributed by atoms with Gasteiger partial charge in [0.2, 0.25) is 0 Å². The van der Waals surface area contributed by atoms with Gasteiger partial charge in [-0.2, -0.15) is 0 Å². The van der Waals surface area contributed by atoms with Gasteiger partial charge in [0.25, 0.3) is 0 Å². The Balaban J connectivity index is 1.86. The third kappa shape index (κ3) is 2.51. The van der Waals surface area contributed by atoms with Gasteiger partial charge in [0.1, 0.15) is 5.75 Å². The molecule has 0 amide bonds. The van der Waals surface area contributed by atoms with Crippen molar-refractivity contribution >= 4 is 11.8 Å². The predicted octanol–water partition coefficient (Wildman–Crippen LogP) is 3.03. The Labute approximate surface area is 122 Å². The fourth-order valence-electron chi connectivity index (χ4n) is 2.24. The van der Waals surface area contributed by atoms with E-state index in [4.69, 9.17) is 10.5 Å². The molecule has 0 saturated carbocycles. The van der Waals surface area contributed by atoms with Crippen molar-refractivity contribution in [3.8, 4) is 5.75 Å². The van der Waals surface area contributed by atoms with Gasteiger partial charge in [0.05, 0.1) is 0 Å². The summed E-state index contributed by atoms with van der Waals surface area (Å²) in [4.78, 5) is 10.2. The van der Waals surface area contributed by atoms with Crippen molar-refractivity contribution in [1.29, 1.82) is 0 Å². The molecule has 1 aromatic carbocycles. The third-order valence-electron chi connectivity index (χ3n) is 3.32. The molecule has 2 N–H and O–H groups in total. The highest BCUT2D eigenvalue weighted by atomic mass is 32.2. The van der Waals surface area contributed by atoms with E-state index in [0.29, 0.717) is 0 Å². The molecule has 3 rings (SSSR count). The van der Waals surface area contributed by atoms with Crippen LogP contribution in [0.1, 0.15) is 36.2 Å². The quantitative estimate of drug-likeness (QED) is 0.920. The minimum Gasteiger partial charge on any atom is -0.480 e. The molecule has 1 aromatic heterocycles. The van der Waals surface area contributed by atoms with E-state index in [1.54, 1.807) is 11.8 Å². The maximum absolute atomic E-state index is 6.00. The molecule has 104 valence electrons. The second-order valence-corrected chi connectivity index (χ2v) is 5.98. The number of nitrogens with zero attached hydrogens (tertiary/aromatic N) is 2. The lowest BCUT2D eigenvalue weighted by atomic mass is 10.1. The van der Waals surface area contributed by atoms with E-state index in [1.807, 2.05) is 38.2 Å². The predicted molar refractivity (Wildman–Crippen MR) is 79.9 cm³/mol. The molecule has 0 saturated heterocycles. The maximum atomic E-state index is 6.00. The fraction of sp³-hybridized carbons (Fsp3) is 0.333. The first-order valence-electron chi connectivity index (χ1n) is 6.62. The summed E-state index contributed by atoms with van der Waals surface area (Å²) >= 11 is 1.78. The number of ether oxygens (including phenoxy) is 1. The molecule has 4 nitrogen and oxygen atoms in total. The molecule has 5 heteroatoms. The van der Waals surface area contributed by atoms with Crippen molar-refractivity contribution in [3.05, 3.63) is 47.5 Å². The van der Waals surface area contributed by atoms with Gasteiger partial charge in [-0.3, -0.25) is 0 Å². The van der Waals surface area contributed by atoms with E-state index in [9.17, 15) is 0 Å². The van der Waals surface area contributed by atoms with Gasteiger partial charge < -0.3 is 10.5 Å². The van der Waals surface area contributed by atoms with Gasteiger partial charge in [-0.15, -0.1) is 11.8 Å². The Bertz CT molecular complexity index is 630. The van der Waals surface area contributed by atoms with E-state index < -0.39 is 0 Å². The highest BCUT2D eigenvalue weighted by Gasteiger charge is 2.24. The summed E-state index contributed by atoms with van der Waals surface area (Å²) in [6.07, 6.45) is 1.72. The Morgan fingerprint density at radius 2 is 2.20 bits per heavy atom. The summed E-state index contributed by atoms with van der Waals surface area (Å²) in [7, 11) is 0. The average Bonchev–Trinajstić information content (AvgIpc) is 2.46. The van der Waals surface area contributed by atoms with Crippen molar-refractivity contribution in [2.75, 3.05) is 5.75 Å². The van der Waals surface area contributed by atoms with E-state index in [2.05, 4.69) is 16.0 Å². The first kappa shape index (κ1) is 13.4. The molecule has 1 unspecified atom stereocenters. The molecule has 0 radical (unpaired) electrons. The van der Waals surface area contributed by atoms with Crippen LogP contribution in [0.15, 0.2) is 35.4 Å². The lowest BCUT2D eigenvalue weighted by molar-refractivity contribution is 0.210. The van der Waals surface area contributed by atoms with E-state index in [-0.39, 0.29) is 12.1 Å². The van der Waals surface area contributed by atoms with Gasteiger partial charge in [-0.25, -0.2) is 9.97 Å². The van der Waals surface area contributed by atoms with Crippen LogP contribution in [0, 0.1) is 6.92 Å². The van der Waals surface area contributed by atoms with E-state index in [1.165, 1.54) is 4.90 Å². The largest absolute Gasteiger partial charge is 0.480 e. The molecular weight excluding hydrogens is 270 g/mol. The van der Waals surface area contributed by atoms with Gasteiger partial charge >= 0.3 is 0 Å². The van der Waals surface area contributed by atoms with Gasteiger partial charge in [0, 0.05) is 34.1 Å². The first-order chi connectivity index (χ1) is 9.65. The number of aryl methyl sites for hydroxylation is 1. The van der Waals surface area contributed by atoms with E-state index >= 15 is 0 Å². The number of aromatic nitrogens is 2. The molecule has 20 heavy (non-hydrogen) atoms. The van der Waals surface area contributed by atoms with Gasteiger partial charge in [0.15, 0.2) is 11.9 Å². The van der Waals surface area contributed by atoms with Crippen molar-refractivity contribution in [2.45, 2.75) is 30.9 Å². The van der Waals surface area contributed by atoms with E-state index in [0.717, 1.165) is 28.6 Å². The highest BCUT2D eigenvalue weighted by molar-refractivity contribution is 7.99. The Kier molecular flexibility index (Phi) is 3.63. The first-order valence-corrected chi connectivity index (χ1v) is 7.61. The van der Waals surface area contributed by atoms with Crippen LogP contribution in [0.25, 0.3) is 0 Å². The van der Waals surface area contributed by atoms with Crippen LogP contribution >= 0.6 is 11.8 Å². The minimum absolute atomic E-state index is 0.0496. The van der Waals surface area contributed by atoms with Crippen molar-refractivity contribution in [1.82, 2.24) is 9.97 Å². The van der Waals surface area contributed by atoms with Crippen molar-refractivity contribution < 1.29 is 4.74 Å². The Morgan fingerprint density at radius 1 is 1.40 bits per heavy atom. The number of thioether (sulfide) groups is 1. The molecule has 2 atom stereocenters. The summed E-state index contributed by atoms with van der Waals surface area (Å²) in [5, 5.41) is 0. The van der Waals surface area contributed by atoms with Gasteiger partial charge in [-0.1, -0.05) is 12.1 Å². The Morgan fingerprint density at radius 3 is 2.95 bits per heavy atom. The molecule has 1 aliphatic rings. The van der Waals surface area contributed by atoms with Crippen LogP contribution < -0.4 is 10.5 Å². The van der Waals surface area contributed by atoms with Crippen LogP contribution in [0.4, 0.5) is 0 Å². The zero-order valence-electron chi connectivity index (χ0n) is 11.5. The monoisotopic (exact) mass is 287 g/mol. The lowest BCUT2D eigenvalue weighted by Crippen LogP contribution is -2.19. The van der Waals surface area contributed by atoms with Crippen LogP contribution in [-0.4, -0.2) is 15.7 Å². The molecule has 2 aromatic rings.